The van der Waals surface area contributed by atoms with Crippen LogP contribution >= 0.6 is 0 Å². The molecule has 0 saturated heterocycles. The second-order valence-corrected chi connectivity index (χ2v) is 1.97. The van der Waals surface area contributed by atoms with Crippen molar-refractivity contribution in [2.24, 2.45) is 9.98 Å². The molecule has 0 aromatic heterocycles. The molecule has 2 nitrogen and oxygen atoms in total. The predicted octanol–water partition coefficient (Wildman–Crippen LogP) is 1.95. The van der Waals surface area contributed by atoms with Crippen molar-refractivity contribution in [2.45, 2.75) is 12.8 Å². The first-order valence-corrected chi connectivity index (χ1v) is 3.31. The van der Waals surface area contributed by atoms with E-state index in [-0.39, 0.29) is 0 Å². The van der Waals surface area contributed by atoms with Gasteiger partial charge < -0.3 is 0 Å². The summed E-state index contributed by atoms with van der Waals surface area (Å²) in [5.41, 5.74) is 0. The van der Waals surface area contributed by atoms with Crippen LogP contribution in [-0.4, -0.2) is 12.4 Å². The molecule has 0 aliphatic carbocycles. The van der Waals surface area contributed by atoms with Crippen LogP contribution in [-0.2, 0) is 0 Å². The van der Waals surface area contributed by atoms with E-state index in [0.29, 0.717) is 0 Å². The van der Waals surface area contributed by atoms with Crippen molar-refractivity contribution in [3.63, 3.8) is 0 Å². The van der Waals surface area contributed by atoms with E-state index in [1.54, 1.807) is 12.3 Å². The van der Waals surface area contributed by atoms with Gasteiger partial charge in [-0.15, -0.1) is 0 Å². The van der Waals surface area contributed by atoms with Gasteiger partial charge in [-0.05, 0) is 18.9 Å². The maximum Gasteiger partial charge on any atom is 0.147 e. The van der Waals surface area contributed by atoms with Crippen LogP contribution in [0.5, 0.6) is 0 Å². The lowest BCUT2D eigenvalue weighted by Gasteiger charge is -1.97. The molecule has 0 fully saturated rings. The number of rotatable bonds is 2. The lowest BCUT2D eigenvalue weighted by atomic mass is 10.3. The minimum atomic E-state index is 0.797. The van der Waals surface area contributed by atoms with Crippen LogP contribution in [0.4, 0.5) is 0 Å². The number of hydrogen-bond acceptors (Lipinski definition) is 2. The Morgan fingerprint density at radius 3 is 3.10 bits per heavy atom. The van der Waals surface area contributed by atoms with Gasteiger partial charge in [-0.2, -0.15) is 0 Å². The summed E-state index contributed by atoms with van der Waals surface area (Å²) in [5.74, 6) is 0.797. The molecule has 0 atom stereocenters. The fourth-order valence-electron chi connectivity index (χ4n) is 0.713. The second kappa shape index (κ2) is 3.77. The second-order valence-electron chi connectivity index (χ2n) is 1.97. The van der Waals surface area contributed by atoms with Gasteiger partial charge in [0.05, 0.1) is 0 Å². The van der Waals surface area contributed by atoms with Crippen molar-refractivity contribution >= 4 is 12.4 Å². The zero-order valence-electron chi connectivity index (χ0n) is 5.83. The molecule has 1 aliphatic heterocycles. The van der Waals surface area contributed by atoms with Crippen LogP contribution in [0.3, 0.4) is 0 Å². The highest BCUT2D eigenvalue weighted by Crippen LogP contribution is 2.06. The predicted molar refractivity (Wildman–Crippen MR) is 44.5 cm³/mol. The lowest BCUT2D eigenvalue weighted by Crippen LogP contribution is -1.85. The summed E-state index contributed by atoms with van der Waals surface area (Å²) in [7, 11) is 0. The monoisotopic (exact) mass is 134 g/mol. The molecule has 0 spiro atoms. The van der Waals surface area contributed by atoms with E-state index >= 15 is 0 Å². The maximum atomic E-state index is 4.06. The van der Waals surface area contributed by atoms with Crippen molar-refractivity contribution in [3.8, 4) is 0 Å². The quantitative estimate of drug-likeness (QED) is 0.516. The van der Waals surface area contributed by atoms with Crippen molar-refractivity contribution in [1.82, 2.24) is 0 Å². The van der Waals surface area contributed by atoms with Gasteiger partial charge in [0.15, 0.2) is 0 Å². The number of nitrogens with zero attached hydrogens (tertiary/aromatic N) is 2. The minimum absolute atomic E-state index is 0.797. The van der Waals surface area contributed by atoms with Crippen LogP contribution < -0.4 is 0 Å². The Hall–Kier alpha value is -1.18. The molecule has 0 unspecified atom stereocenters. The van der Waals surface area contributed by atoms with E-state index < -0.39 is 0 Å². The van der Waals surface area contributed by atoms with E-state index in [4.69, 9.17) is 0 Å². The highest BCUT2D eigenvalue weighted by Gasteiger charge is 1.92. The van der Waals surface area contributed by atoms with Crippen molar-refractivity contribution in [1.29, 1.82) is 0 Å². The van der Waals surface area contributed by atoms with E-state index in [1.807, 2.05) is 12.3 Å². The third-order valence-corrected chi connectivity index (χ3v) is 1.16. The summed E-state index contributed by atoms with van der Waals surface area (Å²) < 4.78 is 0. The highest BCUT2D eigenvalue weighted by atomic mass is 14.9. The van der Waals surface area contributed by atoms with Crippen LogP contribution in [0.25, 0.3) is 0 Å². The number of allylic oxidation sites excluding steroid dienone is 2. The minimum Gasteiger partial charge on any atom is -0.242 e. The average molecular weight is 134 g/mol. The molecule has 10 heavy (non-hydrogen) atoms. The lowest BCUT2D eigenvalue weighted by molar-refractivity contribution is 1.03. The maximum absolute atomic E-state index is 4.06. The summed E-state index contributed by atoms with van der Waals surface area (Å²) in [6, 6.07) is 0. The van der Waals surface area contributed by atoms with Gasteiger partial charge >= 0.3 is 0 Å². The molecule has 2 heteroatoms. The van der Waals surface area contributed by atoms with Crippen molar-refractivity contribution in [3.05, 3.63) is 24.6 Å². The first-order chi connectivity index (χ1) is 4.93. The van der Waals surface area contributed by atoms with Crippen LogP contribution in [0, 0.1) is 0 Å². The first-order valence-electron chi connectivity index (χ1n) is 3.31. The van der Waals surface area contributed by atoms with Crippen LogP contribution in [0.2, 0.25) is 0 Å². The van der Waals surface area contributed by atoms with Gasteiger partial charge in [-0.3, -0.25) is 0 Å². The standard InChI is InChI=1S/C8H10N2/c1-2-6-9-8-5-3-4-7-10-8/h2,5-7H,1,3-4H2/b9-6-. The Kier molecular flexibility index (Phi) is 2.62. The van der Waals surface area contributed by atoms with Gasteiger partial charge in [0, 0.05) is 12.4 Å². The van der Waals surface area contributed by atoms with E-state index in [0.717, 1.165) is 18.7 Å². The van der Waals surface area contributed by atoms with E-state index in [2.05, 4.69) is 16.6 Å². The number of aliphatic imine (C=N–C) groups is 2. The van der Waals surface area contributed by atoms with E-state index in [9.17, 15) is 0 Å². The van der Waals surface area contributed by atoms with Gasteiger partial charge in [-0.25, -0.2) is 9.98 Å². The topological polar surface area (TPSA) is 24.7 Å². The third kappa shape index (κ3) is 1.97. The Morgan fingerprint density at radius 1 is 1.60 bits per heavy atom. The van der Waals surface area contributed by atoms with Gasteiger partial charge in [0.25, 0.3) is 0 Å². The van der Waals surface area contributed by atoms with Crippen molar-refractivity contribution < 1.29 is 0 Å². The smallest absolute Gasteiger partial charge is 0.147 e. The molecule has 52 valence electrons. The zero-order valence-corrected chi connectivity index (χ0v) is 5.83. The third-order valence-electron chi connectivity index (χ3n) is 1.16. The van der Waals surface area contributed by atoms with Gasteiger partial charge in [-0.1, -0.05) is 12.7 Å². The molecular weight excluding hydrogens is 124 g/mol. The van der Waals surface area contributed by atoms with Gasteiger partial charge in [0.1, 0.15) is 5.82 Å². The molecule has 1 rings (SSSR count). The fourth-order valence-corrected chi connectivity index (χ4v) is 0.713. The molecule has 0 radical (unpaired) electrons. The summed E-state index contributed by atoms with van der Waals surface area (Å²) in [6.45, 7) is 3.52. The zero-order chi connectivity index (χ0) is 7.23. The number of hydrogen-bond donors (Lipinski definition) is 0. The summed E-state index contributed by atoms with van der Waals surface area (Å²) in [6.07, 6.45) is 9.27. The van der Waals surface area contributed by atoms with E-state index in [1.165, 1.54) is 0 Å². The molecular formula is C8H10N2. The first kappa shape index (κ1) is 6.93. The SMILES string of the molecule is C=C/C=N\C1=CCCC=N1. The Labute approximate surface area is 60.7 Å². The molecule has 0 amide bonds. The molecule has 0 aromatic carbocycles. The largest absolute Gasteiger partial charge is 0.242 e. The summed E-state index contributed by atoms with van der Waals surface area (Å²) >= 11 is 0. The molecule has 1 aliphatic rings. The normalized spacial score (nSPS) is 17.4. The van der Waals surface area contributed by atoms with Crippen LogP contribution in [0.1, 0.15) is 12.8 Å². The molecule has 0 N–H and O–H groups in total. The molecule has 0 aromatic rings. The Balaban J connectivity index is 2.55. The molecule has 1 heterocycles. The van der Waals surface area contributed by atoms with Crippen molar-refractivity contribution in [2.75, 3.05) is 0 Å². The van der Waals surface area contributed by atoms with Gasteiger partial charge in [0.2, 0.25) is 0 Å². The highest BCUT2D eigenvalue weighted by molar-refractivity contribution is 5.72. The summed E-state index contributed by atoms with van der Waals surface area (Å²) in [5, 5.41) is 0. The van der Waals surface area contributed by atoms with Crippen LogP contribution in [0.15, 0.2) is 34.5 Å². The molecule has 0 saturated carbocycles. The summed E-state index contributed by atoms with van der Waals surface area (Å²) in [4.78, 5) is 8.08. The Bertz CT molecular complexity index is 199. The fraction of sp³-hybridized carbons (Fsp3) is 0.250. The Morgan fingerprint density at radius 2 is 2.50 bits per heavy atom. The molecule has 0 bridgehead atoms. The average Bonchev–Trinajstić information content (AvgIpc) is 2.03.